The number of benzene rings is 1. The molecule has 1 saturated heterocycles. The highest BCUT2D eigenvalue weighted by Crippen LogP contribution is 2.19. The van der Waals surface area contributed by atoms with Crippen molar-refractivity contribution in [2.24, 2.45) is 0 Å². The van der Waals surface area contributed by atoms with Gasteiger partial charge in [0.15, 0.2) is 0 Å². The Kier molecular flexibility index (Phi) is 4.80. The standard InChI is InChI=1S/C15H22N2O2/c1-17(15(18)13-8-5-6-10-16-13)11-12-7-3-4-9-14(12)19-2/h3-4,7,9,13,16H,5-6,8,10-11H2,1-2H3/t13-/m0/s1. The molecular weight excluding hydrogens is 240 g/mol. The van der Waals surface area contributed by atoms with Crippen LogP contribution in [0.25, 0.3) is 0 Å². The average Bonchev–Trinajstić information content (AvgIpc) is 2.48. The molecule has 1 aromatic carbocycles. The van der Waals surface area contributed by atoms with Gasteiger partial charge in [-0.1, -0.05) is 24.6 Å². The predicted molar refractivity (Wildman–Crippen MR) is 75.1 cm³/mol. The number of likely N-dealkylation sites (N-methyl/N-ethyl adjacent to an activating group) is 1. The minimum atomic E-state index is -0.0199. The lowest BCUT2D eigenvalue weighted by molar-refractivity contribution is -0.133. The second kappa shape index (κ2) is 6.57. The lowest BCUT2D eigenvalue weighted by atomic mass is 10.0. The van der Waals surface area contributed by atoms with Gasteiger partial charge in [-0.3, -0.25) is 4.79 Å². The van der Waals surface area contributed by atoms with E-state index < -0.39 is 0 Å². The molecule has 0 aliphatic carbocycles. The van der Waals surface area contributed by atoms with Crippen LogP contribution in [-0.2, 0) is 11.3 Å². The highest BCUT2D eigenvalue weighted by Gasteiger charge is 2.23. The fourth-order valence-corrected chi connectivity index (χ4v) is 2.50. The van der Waals surface area contributed by atoms with E-state index in [2.05, 4.69) is 5.32 Å². The molecule has 1 aromatic rings. The van der Waals surface area contributed by atoms with Gasteiger partial charge in [-0.25, -0.2) is 0 Å². The van der Waals surface area contributed by atoms with Gasteiger partial charge in [0, 0.05) is 19.2 Å². The number of nitrogens with one attached hydrogen (secondary N) is 1. The number of nitrogens with zero attached hydrogens (tertiary/aromatic N) is 1. The normalized spacial score (nSPS) is 18.9. The highest BCUT2D eigenvalue weighted by molar-refractivity contribution is 5.81. The van der Waals surface area contributed by atoms with E-state index in [0.29, 0.717) is 6.54 Å². The lowest BCUT2D eigenvalue weighted by Gasteiger charge is -2.27. The largest absolute Gasteiger partial charge is 0.496 e. The molecule has 0 bridgehead atoms. The number of amides is 1. The van der Waals surface area contributed by atoms with Gasteiger partial charge < -0.3 is 15.0 Å². The summed E-state index contributed by atoms with van der Waals surface area (Å²) in [5.41, 5.74) is 1.04. The zero-order valence-electron chi connectivity index (χ0n) is 11.7. The number of carbonyl (C=O) groups is 1. The Morgan fingerprint density at radius 3 is 2.89 bits per heavy atom. The SMILES string of the molecule is COc1ccccc1CN(C)C(=O)[C@@H]1CCCCN1. The van der Waals surface area contributed by atoms with Crippen molar-refractivity contribution in [2.45, 2.75) is 31.8 Å². The first kappa shape index (κ1) is 13.9. The fourth-order valence-electron chi connectivity index (χ4n) is 2.50. The van der Waals surface area contributed by atoms with Crippen LogP contribution in [0.3, 0.4) is 0 Å². The predicted octanol–water partition coefficient (Wildman–Crippen LogP) is 1.80. The van der Waals surface area contributed by atoms with Crippen molar-refractivity contribution in [3.8, 4) is 5.75 Å². The van der Waals surface area contributed by atoms with Gasteiger partial charge in [0.05, 0.1) is 13.2 Å². The third-order valence-corrected chi connectivity index (χ3v) is 3.58. The van der Waals surface area contributed by atoms with Crippen molar-refractivity contribution >= 4 is 5.91 Å². The van der Waals surface area contributed by atoms with E-state index in [0.717, 1.165) is 30.7 Å². The summed E-state index contributed by atoms with van der Waals surface area (Å²) < 4.78 is 5.32. The minimum Gasteiger partial charge on any atom is -0.496 e. The molecule has 4 heteroatoms. The molecule has 1 atom stereocenters. The molecule has 1 aliphatic heterocycles. The number of carbonyl (C=O) groups excluding carboxylic acids is 1. The van der Waals surface area contributed by atoms with E-state index in [1.165, 1.54) is 6.42 Å². The smallest absolute Gasteiger partial charge is 0.239 e. The van der Waals surface area contributed by atoms with Gasteiger partial charge in [0.1, 0.15) is 5.75 Å². The third kappa shape index (κ3) is 3.47. The zero-order chi connectivity index (χ0) is 13.7. The van der Waals surface area contributed by atoms with Crippen molar-refractivity contribution in [2.75, 3.05) is 20.7 Å². The molecule has 0 spiro atoms. The van der Waals surface area contributed by atoms with Crippen LogP contribution in [0.2, 0.25) is 0 Å². The number of hydrogen-bond acceptors (Lipinski definition) is 3. The fraction of sp³-hybridized carbons (Fsp3) is 0.533. The van der Waals surface area contributed by atoms with Gasteiger partial charge in [-0.2, -0.15) is 0 Å². The van der Waals surface area contributed by atoms with Crippen molar-refractivity contribution in [1.82, 2.24) is 10.2 Å². The quantitative estimate of drug-likeness (QED) is 0.899. The Balaban J connectivity index is 1.99. The summed E-state index contributed by atoms with van der Waals surface area (Å²) in [4.78, 5) is 14.1. The monoisotopic (exact) mass is 262 g/mol. The van der Waals surface area contributed by atoms with E-state index in [-0.39, 0.29) is 11.9 Å². The van der Waals surface area contributed by atoms with Crippen LogP contribution in [-0.4, -0.2) is 37.6 Å². The van der Waals surface area contributed by atoms with Gasteiger partial charge in [-0.05, 0) is 25.5 Å². The zero-order valence-corrected chi connectivity index (χ0v) is 11.7. The number of ether oxygens (including phenoxy) is 1. The molecule has 0 unspecified atom stereocenters. The van der Waals surface area contributed by atoms with E-state index >= 15 is 0 Å². The van der Waals surface area contributed by atoms with E-state index in [1.807, 2.05) is 31.3 Å². The Morgan fingerprint density at radius 2 is 2.21 bits per heavy atom. The van der Waals surface area contributed by atoms with Crippen LogP contribution >= 0.6 is 0 Å². The summed E-state index contributed by atoms with van der Waals surface area (Å²) in [6.45, 7) is 1.53. The lowest BCUT2D eigenvalue weighted by Crippen LogP contribution is -2.47. The summed E-state index contributed by atoms with van der Waals surface area (Å²) in [7, 11) is 3.51. The Labute approximate surface area is 114 Å². The van der Waals surface area contributed by atoms with E-state index in [4.69, 9.17) is 4.74 Å². The molecule has 0 aromatic heterocycles. The number of piperidine rings is 1. The third-order valence-electron chi connectivity index (χ3n) is 3.58. The van der Waals surface area contributed by atoms with Crippen molar-refractivity contribution in [1.29, 1.82) is 0 Å². The molecule has 1 heterocycles. The second-order valence-electron chi connectivity index (χ2n) is 5.01. The summed E-state index contributed by atoms with van der Waals surface area (Å²) in [5, 5.41) is 3.29. The molecule has 1 amide bonds. The van der Waals surface area contributed by atoms with Gasteiger partial charge in [0.2, 0.25) is 5.91 Å². The summed E-state index contributed by atoms with van der Waals surface area (Å²) >= 11 is 0. The first-order chi connectivity index (χ1) is 9.22. The van der Waals surface area contributed by atoms with Crippen molar-refractivity contribution in [3.63, 3.8) is 0 Å². The molecule has 4 nitrogen and oxygen atoms in total. The van der Waals surface area contributed by atoms with Gasteiger partial charge >= 0.3 is 0 Å². The summed E-state index contributed by atoms with van der Waals surface area (Å²) in [6.07, 6.45) is 3.24. The van der Waals surface area contributed by atoms with Crippen LogP contribution in [0.15, 0.2) is 24.3 Å². The maximum atomic E-state index is 12.3. The van der Waals surface area contributed by atoms with Crippen LogP contribution in [0.1, 0.15) is 24.8 Å². The molecule has 19 heavy (non-hydrogen) atoms. The van der Waals surface area contributed by atoms with Crippen LogP contribution < -0.4 is 10.1 Å². The number of rotatable bonds is 4. The highest BCUT2D eigenvalue weighted by atomic mass is 16.5. The first-order valence-corrected chi connectivity index (χ1v) is 6.82. The first-order valence-electron chi connectivity index (χ1n) is 6.82. The second-order valence-corrected chi connectivity index (χ2v) is 5.01. The van der Waals surface area contributed by atoms with E-state index in [1.54, 1.807) is 12.0 Å². The Morgan fingerprint density at radius 1 is 1.42 bits per heavy atom. The van der Waals surface area contributed by atoms with Gasteiger partial charge in [0.25, 0.3) is 0 Å². The Bertz CT molecular complexity index is 428. The average molecular weight is 262 g/mol. The minimum absolute atomic E-state index is 0.0199. The maximum Gasteiger partial charge on any atom is 0.239 e. The van der Waals surface area contributed by atoms with Crippen LogP contribution in [0.4, 0.5) is 0 Å². The number of methoxy groups -OCH3 is 1. The number of hydrogen-bond donors (Lipinski definition) is 1. The topological polar surface area (TPSA) is 41.6 Å². The maximum absolute atomic E-state index is 12.3. The van der Waals surface area contributed by atoms with Crippen LogP contribution in [0, 0.1) is 0 Å². The molecule has 2 rings (SSSR count). The molecule has 1 N–H and O–H groups in total. The van der Waals surface area contributed by atoms with Gasteiger partial charge in [-0.15, -0.1) is 0 Å². The van der Waals surface area contributed by atoms with Crippen molar-refractivity contribution in [3.05, 3.63) is 29.8 Å². The number of para-hydroxylation sites is 1. The molecule has 104 valence electrons. The summed E-state index contributed by atoms with van der Waals surface area (Å²) in [6, 6.07) is 7.80. The van der Waals surface area contributed by atoms with E-state index in [9.17, 15) is 4.79 Å². The molecule has 1 fully saturated rings. The summed E-state index contributed by atoms with van der Waals surface area (Å²) in [5.74, 6) is 1.00. The molecule has 0 saturated carbocycles. The Hall–Kier alpha value is -1.55. The van der Waals surface area contributed by atoms with Crippen LogP contribution in [0.5, 0.6) is 5.75 Å². The van der Waals surface area contributed by atoms with Crippen molar-refractivity contribution < 1.29 is 9.53 Å². The molecule has 0 radical (unpaired) electrons. The molecular formula is C15H22N2O2. The molecule has 1 aliphatic rings.